The minimum atomic E-state index is -1.08. The summed E-state index contributed by atoms with van der Waals surface area (Å²) in [6, 6.07) is 14.0. The van der Waals surface area contributed by atoms with Gasteiger partial charge in [-0.05, 0) is 30.3 Å². The number of fused-ring (bicyclic) bond motifs is 2. The van der Waals surface area contributed by atoms with Crippen LogP contribution in [0.15, 0.2) is 68.3 Å². The standard InChI is InChI=1S/C25H25N7O6/c1-30-21-20(23(35)31(2)25(30)36)32(12-14(33)13-38-16-10-8-15(37-3)9-11-16)24(27-21)29-28-19-17-6-4-5-7-18(17)26-22(19)34/h4-11,14,26,33-34H,12-13H2,1-3H3/t14-/m0/s1. The van der Waals surface area contributed by atoms with Crippen LogP contribution in [0.5, 0.6) is 17.4 Å². The number of nitrogens with zero attached hydrogens (tertiary/aromatic N) is 6. The van der Waals surface area contributed by atoms with Gasteiger partial charge in [0, 0.05) is 19.5 Å². The number of benzene rings is 2. The van der Waals surface area contributed by atoms with Gasteiger partial charge in [0.15, 0.2) is 16.9 Å². The van der Waals surface area contributed by atoms with Gasteiger partial charge in [0.2, 0.25) is 5.88 Å². The summed E-state index contributed by atoms with van der Waals surface area (Å²) in [6.45, 7) is -0.230. The van der Waals surface area contributed by atoms with Crippen molar-refractivity contribution in [2.45, 2.75) is 12.6 Å². The molecule has 0 bridgehead atoms. The maximum Gasteiger partial charge on any atom is 0.332 e. The molecule has 0 amide bonds. The van der Waals surface area contributed by atoms with E-state index in [2.05, 4.69) is 20.2 Å². The molecule has 5 aromatic rings. The van der Waals surface area contributed by atoms with Gasteiger partial charge in [0.25, 0.3) is 11.5 Å². The molecule has 0 aliphatic carbocycles. The monoisotopic (exact) mass is 519 g/mol. The molecular weight excluding hydrogens is 494 g/mol. The SMILES string of the molecule is COc1ccc(OC[C@@H](O)Cn2c(N=Nc3c(O)[nH]c4ccccc34)nc3c2c(=O)n(C)c(=O)n3C)cc1. The molecular formula is C25H25N7O6. The molecule has 196 valence electrons. The highest BCUT2D eigenvalue weighted by Crippen LogP contribution is 2.36. The lowest BCUT2D eigenvalue weighted by Crippen LogP contribution is -2.38. The molecule has 3 N–H and O–H groups in total. The lowest BCUT2D eigenvalue weighted by Gasteiger charge is -2.14. The smallest absolute Gasteiger partial charge is 0.332 e. The molecule has 0 aliphatic heterocycles. The molecule has 38 heavy (non-hydrogen) atoms. The number of aromatic hydroxyl groups is 1. The Balaban J connectivity index is 1.52. The second-order valence-corrected chi connectivity index (χ2v) is 8.61. The number of aliphatic hydroxyl groups is 1. The molecule has 0 radical (unpaired) electrons. The molecule has 13 heteroatoms. The van der Waals surface area contributed by atoms with Crippen LogP contribution in [0.25, 0.3) is 22.1 Å². The summed E-state index contributed by atoms with van der Waals surface area (Å²) in [7, 11) is 4.40. The van der Waals surface area contributed by atoms with Crippen LogP contribution in [0.3, 0.4) is 0 Å². The molecule has 0 spiro atoms. The number of H-pyrrole nitrogens is 1. The number of nitrogens with one attached hydrogen (secondary N) is 1. The number of hydrogen-bond donors (Lipinski definition) is 3. The van der Waals surface area contributed by atoms with Crippen molar-refractivity contribution in [2.24, 2.45) is 24.3 Å². The van der Waals surface area contributed by atoms with Crippen molar-refractivity contribution in [1.29, 1.82) is 0 Å². The predicted octanol–water partition coefficient (Wildman–Crippen LogP) is 2.48. The first-order chi connectivity index (χ1) is 18.3. The number of para-hydroxylation sites is 1. The number of azo groups is 1. The molecule has 1 atom stereocenters. The predicted molar refractivity (Wildman–Crippen MR) is 139 cm³/mol. The topological polar surface area (TPSA) is 161 Å². The third-order valence-corrected chi connectivity index (χ3v) is 6.12. The number of aromatic nitrogens is 5. The van der Waals surface area contributed by atoms with Crippen LogP contribution in [0.2, 0.25) is 0 Å². The molecule has 0 saturated carbocycles. The lowest BCUT2D eigenvalue weighted by atomic mass is 10.2. The van der Waals surface area contributed by atoms with E-state index < -0.39 is 17.4 Å². The molecule has 0 unspecified atom stereocenters. The summed E-state index contributed by atoms with van der Waals surface area (Å²) >= 11 is 0. The fourth-order valence-electron chi connectivity index (χ4n) is 4.12. The molecule has 3 heterocycles. The van der Waals surface area contributed by atoms with Crippen LogP contribution >= 0.6 is 0 Å². The van der Waals surface area contributed by atoms with Gasteiger partial charge < -0.3 is 24.7 Å². The highest BCUT2D eigenvalue weighted by atomic mass is 16.5. The molecule has 5 rings (SSSR count). The van der Waals surface area contributed by atoms with Gasteiger partial charge in [0.05, 0.1) is 19.2 Å². The minimum absolute atomic E-state index is 0.0357. The van der Waals surface area contributed by atoms with Crippen molar-refractivity contribution >= 4 is 33.7 Å². The van der Waals surface area contributed by atoms with E-state index in [9.17, 15) is 19.8 Å². The first-order valence-electron chi connectivity index (χ1n) is 11.6. The van der Waals surface area contributed by atoms with Crippen LogP contribution in [0.4, 0.5) is 11.6 Å². The summed E-state index contributed by atoms with van der Waals surface area (Å²) in [4.78, 5) is 32.7. The number of rotatable bonds is 8. The summed E-state index contributed by atoms with van der Waals surface area (Å²) in [5, 5.41) is 30.1. The largest absolute Gasteiger partial charge is 0.497 e. The second-order valence-electron chi connectivity index (χ2n) is 8.61. The van der Waals surface area contributed by atoms with E-state index in [4.69, 9.17) is 9.47 Å². The first kappa shape index (κ1) is 24.8. The lowest BCUT2D eigenvalue weighted by molar-refractivity contribution is 0.0937. The molecule has 2 aromatic carbocycles. The first-order valence-corrected chi connectivity index (χ1v) is 11.6. The van der Waals surface area contributed by atoms with E-state index in [1.54, 1.807) is 49.6 Å². The summed E-state index contributed by atoms with van der Waals surface area (Å²) < 4.78 is 14.4. The summed E-state index contributed by atoms with van der Waals surface area (Å²) in [6.07, 6.45) is -1.08. The number of aryl methyl sites for hydroxylation is 1. The second kappa shape index (κ2) is 9.86. The van der Waals surface area contributed by atoms with Gasteiger partial charge in [-0.3, -0.25) is 18.5 Å². The average molecular weight is 520 g/mol. The Kier molecular flexibility index (Phi) is 6.43. The van der Waals surface area contributed by atoms with Gasteiger partial charge in [-0.2, -0.15) is 4.98 Å². The van der Waals surface area contributed by atoms with Crippen LogP contribution < -0.4 is 20.7 Å². The van der Waals surface area contributed by atoms with E-state index in [0.717, 1.165) is 4.57 Å². The Morgan fingerprint density at radius 2 is 1.74 bits per heavy atom. The fourth-order valence-corrected chi connectivity index (χ4v) is 4.12. The molecule has 0 fully saturated rings. The van der Waals surface area contributed by atoms with E-state index in [1.807, 2.05) is 6.07 Å². The number of imidazole rings is 1. The zero-order valence-electron chi connectivity index (χ0n) is 20.8. The van der Waals surface area contributed by atoms with Gasteiger partial charge in [-0.25, -0.2) is 4.79 Å². The van der Waals surface area contributed by atoms with E-state index in [1.165, 1.54) is 23.2 Å². The van der Waals surface area contributed by atoms with Crippen molar-refractivity contribution in [2.75, 3.05) is 13.7 Å². The van der Waals surface area contributed by atoms with Crippen molar-refractivity contribution < 1.29 is 19.7 Å². The maximum atomic E-state index is 13.1. The van der Waals surface area contributed by atoms with E-state index in [0.29, 0.717) is 22.4 Å². The molecule has 13 nitrogen and oxygen atoms in total. The molecule has 3 aromatic heterocycles. The van der Waals surface area contributed by atoms with Crippen LogP contribution in [0, 0.1) is 0 Å². The number of ether oxygens (including phenoxy) is 2. The summed E-state index contributed by atoms with van der Waals surface area (Å²) in [5.41, 5.74) is -0.170. The van der Waals surface area contributed by atoms with Crippen molar-refractivity contribution in [3.05, 3.63) is 69.4 Å². The van der Waals surface area contributed by atoms with Crippen molar-refractivity contribution in [1.82, 2.24) is 23.7 Å². The highest BCUT2D eigenvalue weighted by molar-refractivity contribution is 5.94. The highest BCUT2D eigenvalue weighted by Gasteiger charge is 2.22. The van der Waals surface area contributed by atoms with Gasteiger partial charge in [0.1, 0.15) is 24.2 Å². The maximum absolute atomic E-state index is 13.1. The summed E-state index contributed by atoms with van der Waals surface area (Å²) in [5.74, 6) is 0.967. The quantitative estimate of drug-likeness (QED) is 0.265. The average Bonchev–Trinajstić information content (AvgIpc) is 3.45. The van der Waals surface area contributed by atoms with E-state index >= 15 is 0 Å². The third-order valence-electron chi connectivity index (χ3n) is 6.12. The van der Waals surface area contributed by atoms with E-state index in [-0.39, 0.29) is 41.8 Å². The number of hydrogen-bond acceptors (Lipinski definition) is 9. The van der Waals surface area contributed by atoms with Gasteiger partial charge in [-0.15, -0.1) is 10.2 Å². The van der Waals surface area contributed by atoms with Gasteiger partial charge >= 0.3 is 5.69 Å². The molecule has 0 saturated heterocycles. The zero-order valence-corrected chi connectivity index (χ0v) is 20.8. The number of aromatic amines is 1. The minimum Gasteiger partial charge on any atom is -0.497 e. The van der Waals surface area contributed by atoms with Crippen LogP contribution in [-0.2, 0) is 20.6 Å². The normalized spacial score (nSPS) is 12.5. The fraction of sp³-hybridized carbons (Fsp3) is 0.240. The van der Waals surface area contributed by atoms with Crippen LogP contribution in [0.1, 0.15) is 0 Å². The van der Waals surface area contributed by atoms with Crippen molar-refractivity contribution in [3.8, 4) is 17.4 Å². The Labute approximate surface area is 214 Å². The van der Waals surface area contributed by atoms with Gasteiger partial charge in [-0.1, -0.05) is 18.2 Å². The number of aliphatic hydroxyl groups excluding tert-OH is 1. The zero-order chi connectivity index (χ0) is 27.0. The third kappa shape index (κ3) is 4.39. The number of methoxy groups -OCH3 is 1. The Hall–Kier alpha value is -4.91. The Morgan fingerprint density at radius 1 is 1.03 bits per heavy atom. The van der Waals surface area contributed by atoms with Crippen molar-refractivity contribution in [3.63, 3.8) is 0 Å². The Morgan fingerprint density at radius 3 is 2.47 bits per heavy atom. The Bertz CT molecular complexity index is 1780. The molecule has 0 aliphatic rings. The van der Waals surface area contributed by atoms with Crippen LogP contribution in [-0.4, -0.2) is 53.7 Å².